The first kappa shape index (κ1) is 16.9. The van der Waals surface area contributed by atoms with Crippen LogP contribution in [0.5, 0.6) is 0 Å². The number of hydrogen-bond donors (Lipinski definition) is 1. The highest BCUT2D eigenvalue weighted by Gasteiger charge is 2.24. The summed E-state index contributed by atoms with van der Waals surface area (Å²) in [5.41, 5.74) is 1.44. The number of carboxylic acids is 1. The van der Waals surface area contributed by atoms with Gasteiger partial charge in [0.05, 0.1) is 5.56 Å². The number of carbonyl (C=O) groups excluding carboxylic acids is 1. The number of carboxylic acid groups (broad SMARTS) is 1. The molecule has 0 unspecified atom stereocenters. The van der Waals surface area contributed by atoms with E-state index in [0.29, 0.717) is 17.9 Å². The zero-order valence-electron chi connectivity index (χ0n) is 13.0. The number of benzene rings is 1. The van der Waals surface area contributed by atoms with Gasteiger partial charge < -0.3 is 10.0 Å². The molecule has 1 fully saturated rings. The average molecular weight is 321 g/mol. The molecule has 1 aliphatic heterocycles. The van der Waals surface area contributed by atoms with E-state index in [1.165, 1.54) is 0 Å². The lowest BCUT2D eigenvalue weighted by Gasteiger charge is -2.33. The molecular weight excluding hydrogens is 298 g/mol. The van der Waals surface area contributed by atoms with E-state index in [1.54, 1.807) is 23.9 Å². The summed E-state index contributed by atoms with van der Waals surface area (Å²) in [6, 6.07) is 7.07. The standard InChI is InChI=1S/C17H23NO3S/c1-2-22-11-9-16(19)18-10-3-4-15(12-18)13-5-7-14(8-6-13)17(20)21/h5-8,15H,2-4,9-12H2,1H3,(H,20,21)/t15-/m1/s1. The fourth-order valence-corrected chi connectivity index (χ4v) is 3.44. The number of hydrogen-bond acceptors (Lipinski definition) is 3. The van der Waals surface area contributed by atoms with Gasteiger partial charge in [0.15, 0.2) is 0 Å². The molecular formula is C17H23NO3S. The topological polar surface area (TPSA) is 57.6 Å². The number of piperidine rings is 1. The highest BCUT2D eigenvalue weighted by Crippen LogP contribution is 2.27. The van der Waals surface area contributed by atoms with Crippen molar-refractivity contribution in [3.63, 3.8) is 0 Å². The normalized spacial score (nSPS) is 18.2. The van der Waals surface area contributed by atoms with Crippen molar-refractivity contribution in [2.24, 2.45) is 0 Å². The molecule has 1 heterocycles. The SMILES string of the molecule is CCSCCC(=O)N1CCC[C@@H](c2ccc(C(=O)O)cc2)C1. The third kappa shape index (κ3) is 4.50. The van der Waals surface area contributed by atoms with E-state index in [1.807, 2.05) is 17.0 Å². The van der Waals surface area contributed by atoms with Gasteiger partial charge in [-0.15, -0.1) is 0 Å². The molecule has 0 spiro atoms. The molecule has 5 heteroatoms. The Balaban J connectivity index is 1.95. The number of thioether (sulfide) groups is 1. The summed E-state index contributed by atoms with van der Waals surface area (Å²) in [4.78, 5) is 25.1. The largest absolute Gasteiger partial charge is 0.478 e. The fourth-order valence-electron chi connectivity index (χ4n) is 2.84. The van der Waals surface area contributed by atoms with Gasteiger partial charge in [0.1, 0.15) is 0 Å². The first-order valence-electron chi connectivity index (χ1n) is 7.80. The summed E-state index contributed by atoms with van der Waals surface area (Å²) in [6.07, 6.45) is 2.68. The molecule has 0 radical (unpaired) electrons. The van der Waals surface area contributed by atoms with Crippen molar-refractivity contribution in [3.8, 4) is 0 Å². The number of rotatable bonds is 6. The summed E-state index contributed by atoms with van der Waals surface area (Å²) < 4.78 is 0. The minimum absolute atomic E-state index is 0.243. The molecule has 1 aromatic rings. The molecule has 2 rings (SSSR count). The fraction of sp³-hybridized carbons (Fsp3) is 0.529. The molecule has 0 aromatic heterocycles. The van der Waals surface area contributed by atoms with Crippen LogP contribution in [-0.4, -0.2) is 46.5 Å². The van der Waals surface area contributed by atoms with Gasteiger partial charge in [-0.1, -0.05) is 19.1 Å². The Morgan fingerprint density at radius 2 is 2.05 bits per heavy atom. The second kappa shape index (κ2) is 8.22. The Bertz CT molecular complexity index is 515. The molecule has 4 nitrogen and oxygen atoms in total. The third-order valence-corrected chi connectivity index (χ3v) is 4.97. The summed E-state index contributed by atoms with van der Waals surface area (Å²) in [6.45, 7) is 3.70. The van der Waals surface area contributed by atoms with Gasteiger partial charge in [-0.25, -0.2) is 4.79 Å². The summed E-state index contributed by atoms with van der Waals surface area (Å²) in [5, 5.41) is 8.95. The van der Waals surface area contributed by atoms with E-state index in [9.17, 15) is 9.59 Å². The first-order valence-corrected chi connectivity index (χ1v) is 8.96. The minimum Gasteiger partial charge on any atom is -0.478 e. The van der Waals surface area contributed by atoms with Crippen LogP contribution in [0.3, 0.4) is 0 Å². The number of nitrogens with zero attached hydrogens (tertiary/aromatic N) is 1. The van der Waals surface area contributed by atoms with Crippen molar-refractivity contribution in [1.82, 2.24) is 4.90 Å². The Hall–Kier alpha value is -1.49. The Labute approximate surface area is 135 Å². The van der Waals surface area contributed by atoms with Crippen LogP contribution in [0.2, 0.25) is 0 Å². The molecule has 1 atom stereocenters. The van der Waals surface area contributed by atoms with Crippen molar-refractivity contribution in [3.05, 3.63) is 35.4 Å². The third-order valence-electron chi connectivity index (χ3n) is 4.07. The highest BCUT2D eigenvalue weighted by atomic mass is 32.2. The van der Waals surface area contributed by atoms with E-state index in [0.717, 1.165) is 43.0 Å². The van der Waals surface area contributed by atoms with Crippen LogP contribution in [0.15, 0.2) is 24.3 Å². The number of carbonyl (C=O) groups is 2. The summed E-state index contributed by atoms with van der Waals surface area (Å²) >= 11 is 1.80. The van der Waals surface area contributed by atoms with Crippen LogP contribution in [-0.2, 0) is 4.79 Å². The first-order chi connectivity index (χ1) is 10.6. The number of aromatic carboxylic acids is 1. The van der Waals surface area contributed by atoms with E-state index in [-0.39, 0.29) is 5.91 Å². The Morgan fingerprint density at radius 3 is 2.68 bits per heavy atom. The molecule has 0 aliphatic carbocycles. The smallest absolute Gasteiger partial charge is 0.335 e. The van der Waals surface area contributed by atoms with E-state index >= 15 is 0 Å². The van der Waals surface area contributed by atoms with Crippen LogP contribution in [0.25, 0.3) is 0 Å². The second-order valence-corrected chi connectivity index (χ2v) is 6.95. The molecule has 1 aromatic carbocycles. The van der Waals surface area contributed by atoms with Crippen LogP contribution >= 0.6 is 11.8 Å². The summed E-state index contributed by atoms with van der Waals surface area (Å²) in [7, 11) is 0. The van der Waals surface area contributed by atoms with Crippen LogP contribution in [0.1, 0.15) is 48.0 Å². The van der Waals surface area contributed by atoms with Gasteiger partial charge in [-0.2, -0.15) is 11.8 Å². The molecule has 1 N–H and O–H groups in total. The van der Waals surface area contributed by atoms with Crippen LogP contribution in [0.4, 0.5) is 0 Å². The molecule has 0 bridgehead atoms. The quantitative estimate of drug-likeness (QED) is 0.817. The maximum Gasteiger partial charge on any atom is 0.335 e. The Morgan fingerprint density at radius 1 is 1.32 bits per heavy atom. The maximum absolute atomic E-state index is 12.2. The average Bonchev–Trinajstić information content (AvgIpc) is 2.55. The molecule has 1 aliphatic rings. The van der Waals surface area contributed by atoms with Crippen molar-refractivity contribution in [2.45, 2.75) is 32.1 Å². The molecule has 1 amide bonds. The molecule has 120 valence electrons. The van der Waals surface area contributed by atoms with Gasteiger partial charge >= 0.3 is 5.97 Å². The zero-order valence-corrected chi connectivity index (χ0v) is 13.8. The van der Waals surface area contributed by atoms with Gasteiger partial charge in [0.25, 0.3) is 0 Å². The van der Waals surface area contributed by atoms with E-state index < -0.39 is 5.97 Å². The molecule has 1 saturated heterocycles. The monoisotopic (exact) mass is 321 g/mol. The van der Waals surface area contributed by atoms with Gasteiger partial charge in [0, 0.05) is 31.2 Å². The minimum atomic E-state index is -0.902. The molecule has 0 saturated carbocycles. The Kier molecular flexibility index (Phi) is 6.31. The van der Waals surface area contributed by atoms with Crippen molar-refractivity contribution < 1.29 is 14.7 Å². The molecule has 22 heavy (non-hydrogen) atoms. The van der Waals surface area contributed by atoms with Gasteiger partial charge in [0.2, 0.25) is 5.91 Å². The van der Waals surface area contributed by atoms with Crippen molar-refractivity contribution in [1.29, 1.82) is 0 Å². The lowest BCUT2D eigenvalue weighted by molar-refractivity contribution is -0.131. The maximum atomic E-state index is 12.2. The number of amides is 1. The van der Waals surface area contributed by atoms with Crippen molar-refractivity contribution in [2.75, 3.05) is 24.6 Å². The predicted molar refractivity (Wildman–Crippen MR) is 89.6 cm³/mol. The zero-order chi connectivity index (χ0) is 15.9. The lowest BCUT2D eigenvalue weighted by Crippen LogP contribution is -2.39. The van der Waals surface area contributed by atoms with Gasteiger partial charge in [-0.3, -0.25) is 4.79 Å². The summed E-state index contributed by atoms with van der Waals surface area (Å²) in [5.74, 6) is 1.60. The van der Waals surface area contributed by atoms with E-state index in [2.05, 4.69) is 6.92 Å². The van der Waals surface area contributed by atoms with Crippen molar-refractivity contribution >= 4 is 23.6 Å². The van der Waals surface area contributed by atoms with Crippen LogP contribution < -0.4 is 0 Å². The van der Waals surface area contributed by atoms with Crippen LogP contribution in [0, 0.1) is 0 Å². The highest BCUT2D eigenvalue weighted by molar-refractivity contribution is 7.99. The second-order valence-electron chi connectivity index (χ2n) is 5.55. The predicted octanol–water partition coefficient (Wildman–Crippen LogP) is 3.23. The van der Waals surface area contributed by atoms with E-state index in [4.69, 9.17) is 5.11 Å². The van der Waals surface area contributed by atoms with Gasteiger partial charge in [-0.05, 0) is 36.3 Å². The number of likely N-dealkylation sites (tertiary alicyclic amines) is 1. The lowest BCUT2D eigenvalue weighted by atomic mass is 9.90.